The molecule has 0 spiro atoms. The second kappa shape index (κ2) is 10.2. The summed E-state index contributed by atoms with van der Waals surface area (Å²) < 4.78 is 28.2. The molecule has 1 atom stereocenters. The zero-order valence-corrected chi connectivity index (χ0v) is 18.8. The summed E-state index contributed by atoms with van der Waals surface area (Å²) in [6.07, 6.45) is 2.36. The van der Waals surface area contributed by atoms with Gasteiger partial charge in [0, 0.05) is 24.7 Å². The van der Waals surface area contributed by atoms with E-state index >= 15 is 0 Å². The van der Waals surface area contributed by atoms with E-state index in [1.54, 1.807) is 12.1 Å². The number of amides is 2. The van der Waals surface area contributed by atoms with Crippen LogP contribution in [0.5, 0.6) is 0 Å². The first-order valence-corrected chi connectivity index (χ1v) is 11.0. The molecule has 0 radical (unpaired) electrons. The summed E-state index contributed by atoms with van der Waals surface area (Å²) in [5, 5.41) is 16.1. The van der Waals surface area contributed by atoms with E-state index in [1.807, 2.05) is 0 Å². The van der Waals surface area contributed by atoms with Crippen LogP contribution in [0.15, 0.2) is 36.5 Å². The third-order valence-corrected chi connectivity index (χ3v) is 5.96. The van der Waals surface area contributed by atoms with Crippen molar-refractivity contribution in [3.8, 4) is 0 Å². The number of primary amides is 1. The highest BCUT2D eigenvalue weighted by Crippen LogP contribution is 2.27. The molecule has 1 aliphatic carbocycles. The van der Waals surface area contributed by atoms with Crippen LogP contribution in [0.4, 0.5) is 14.5 Å². The number of carbonyl (C=O) groups is 2. The second-order valence-electron chi connectivity index (χ2n) is 9.02. The fourth-order valence-electron chi connectivity index (χ4n) is 3.99. The molecule has 3 rings (SSSR count). The lowest BCUT2D eigenvalue weighted by molar-refractivity contribution is -0.00307. The fourth-order valence-corrected chi connectivity index (χ4v) is 3.99. The van der Waals surface area contributed by atoms with Crippen LogP contribution in [0.2, 0.25) is 0 Å². The molecule has 7 nitrogen and oxygen atoms in total. The van der Waals surface area contributed by atoms with Gasteiger partial charge in [0.25, 0.3) is 11.8 Å². The van der Waals surface area contributed by atoms with Crippen molar-refractivity contribution in [2.45, 2.75) is 69.8 Å². The van der Waals surface area contributed by atoms with E-state index in [0.29, 0.717) is 31.4 Å². The Hall–Kier alpha value is -3.07. The highest BCUT2D eigenvalue weighted by molar-refractivity contribution is 5.99. The number of nitrogens with two attached hydrogens (primary N) is 1. The van der Waals surface area contributed by atoms with E-state index in [0.717, 1.165) is 0 Å². The maximum Gasteiger partial charge on any atom is 0.254 e. The number of aliphatic hydroxyl groups is 1. The van der Waals surface area contributed by atoms with Crippen molar-refractivity contribution < 1.29 is 23.5 Å². The van der Waals surface area contributed by atoms with Gasteiger partial charge in [-0.15, -0.1) is 0 Å². The molecule has 5 N–H and O–H groups in total. The Kier molecular flexibility index (Phi) is 7.63. The lowest BCUT2D eigenvalue weighted by Gasteiger charge is -2.31. The number of carbonyl (C=O) groups excluding carboxylic acids is 2. The summed E-state index contributed by atoms with van der Waals surface area (Å²) in [5.41, 5.74) is 4.77. The van der Waals surface area contributed by atoms with Crippen LogP contribution in [0, 0.1) is 5.82 Å². The monoisotopic (exact) mass is 460 g/mol. The highest BCUT2D eigenvalue weighted by Gasteiger charge is 2.30. The molecule has 0 saturated heterocycles. The van der Waals surface area contributed by atoms with Gasteiger partial charge < -0.3 is 21.5 Å². The van der Waals surface area contributed by atoms with Crippen LogP contribution in [0.25, 0.3) is 0 Å². The number of nitrogens with zero attached hydrogens (tertiary/aromatic N) is 1. The minimum Gasteiger partial charge on any atom is -0.387 e. The molecule has 9 heteroatoms. The number of alkyl halides is 1. The Morgan fingerprint density at radius 1 is 1.18 bits per heavy atom. The predicted molar refractivity (Wildman–Crippen MR) is 121 cm³/mol. The molecule has 1 aliphatic rings. The van der Waals surface area contributed by atoms with E-state index in [-0.39, 0.29) is 35.3 Å². The van der Waals surface area contributed by atoms with Gasteiger partial charge in [0.05, 0.1) is 28.1 Å². The van der Waals surface area contributed by atoms with Gasteiger partial charge in [0.2, 0.25) is 0 Å². The van der Waals surface area contributed by atoms with Crippen molar-refractivity contribution >= 4 is 17.5 Å². The zero-order chi connectivity index (χ0) is 24.2. The van der Waals surface area contributed by atoms with E-state index in [1.165, 1.54) is 38.2 Å². The number of hydrogen-bond acceptors (Lipinski definition) is 5. The van der Waals surface area contributed by atoms with Crippen molar-refractivity contribution in [2.24, 2.45) is 5.73 Å². The minimum absolute atomic E-state index is 0.00965. The summed E-state index contributed by atoms with van der Waals surface area (Å²) in [6.45, 7) is 2.71. The third-order valence-electron chi connectivity index (χ3n) is 5.96. The van der Waals surface area contributed by atoms with Crippen LogP contribution in [-0.2, 0) is 6.42 Å². The molecule has 1 aromatic carbocycles. The average Bonchev–Trinajstić information content (AvgIpc) is 2.74. The molecule has 1 saturated carbocycles. The topological polar surface area (TPSA) is 117 Å². The zero-order valence-electron chi connectivity index (χ0n) is 18.8. The van der Waals surface area contributed by atoms with E-state index < -0.39 is 29.4 Å². The molecule has 1 fully saturated rings. The first-order valence-electron chi connectivity index (χ1n) is 11.0. The van der Waals surface area contributed by atoms with Crippen LogP contribution < -0.4 is 16.4 Å². The minimum atomic E-state index is -1.62. The first kappa shape index (κ1) is 24.6. The van der Waals surface area contributed by atoms with Gasteiger partial charge in [0.15, 0.2) is 0 Å². The molecule has 0 aliphatic heterocycles. The number of rotatable bonds is 8. The second-order valence-corrected chi connectivity index (χ2v) is 9.02. The standard InChI is InChI=1S/C24H30F2N4O3/c1-24(2,33)20(26)13-19-21(22(27)31)18(11-12-28-19)29-14-7-9-15(10-8-14)30-23(32)16-5-3-4-6-17(16)25/h3-6,11-12,14-15,20,33H,7-10,13H2,1-2H3,(H2,27,31)(H,28,29)(H,30,32)/t14?,15?,20-/m1/s1. The quantitative estimate of drug-likeness (QED) is 0.483. The summed E-state index contributed by atoms with van der Waals surface area (Å²) >= 11 is 0. The van der Waals surface area contributed by atoms with E-state index in [4.69, 9.17) is 5.73 Å². The Balaban J connectivity index is 1.63. The molecular weight excluding hydrogens is 430 g/mol. The van der Waals surface area contributed by atoms with Gasteiger partial charge >= 0.3 is 0 Å². The van der Waals surface area contributed by atoms with E-state index in [2.05, 4.69) is 15.6 Å². The Morgan fingerprint density at radius 2 is 1.82 bits per heavy atom. The van der Waals surface area contributed by atoms with Crippen LogP contribution in [0.3, 0.4) is 0 Å². The van der Waals surface area contributed by atoms with Crippen LogP contribution >= 0.6 is 0 Å². The number of anilines is 1. The van der Waals surface area contributed by atoms with Crippen LogP contribution in [-0.4, -0.2) is 45.8 Å². The predicted octanol–water partition coefficient (Wildman–Crippen LogP) is 3.12. The summed E-state index contributed by atoms with van der Waals surface area (Å²) in [5.74, 6) is -1.72. The van der Waals surface area contributed by atoms with Gasteiger partial charge in [-0.3, -0.25) is 14.6 Å². The molecule has 2 aromatic rings. The van der Waals surface area contributed by atoms with Gasteiger partial charge in [-0.2, -0.15) is 0 Å². The number of nitrogens with one attached hydrogen (secondary N) is 2. The summed E-state index contributed by atoms with van der Waals surface area (Å²) in [7, 11) is 0. The van der Waals surface area contributed by atoms with Crippen molar-refractivity contribution in [3.05, 3.63) is 59.2 Å². The Labute approximate surface area is 191 Å². The largest absolute Gasteiger partial charge is 0.387 e. The molecule has 1 aromatic heterocycles. The summed E-state index contributed by atoms with van der Waals surface area (Å²) in [4.78, 5) is 28.6. The normalized spacial score (nSPS) is 19.5. The average molecular weight is 461 g/mol. The number of halogens is 2. The number of aromatic nitrogens is 1. The first-order chi connectivity index (χ1) is 15.6. The molecule has 1 heterocycles. The van der Waals surface area contributed by atoms with Crippen molar-refractivity contribution in [2.75, 3.05) is 5.32 Å². The van der Waals surface area contributed by atoms with Gasteiger partial charge in [-0.1, -0.05) is 12.1 Å². The lowest BCUT2D eigenvalue weighted by Crippen LogP contribution is -2.40. The van der Waals surface area contributed by atoms with Gasteiger partial charge in [-0.25, -0.2) is 8.78 Å². The Morgan fingerprint density at radius 3 is 2.42 bits per heavy atom. The van der Waals surface area contributed by atoms with E-state index in [9.17, 15) is 23.5 Å². The van der Waals surface area contributed by atoms with Crippen molar-refractivity contribution in [1.29, 1.82) is 0 Å². The fraction of sp³-hybridized carbons (Fsp3) is 0.458. The van der Waals surface area contributed by atoms with Gasteiger partial charge in [0.1, 0.15) is 12.0 Å². The smallest absolute Gasteiger partial charge is 0.254 e. The molecular formula is C24H30F2N4O3. The molecule has 33 heavy (non-hydrogen) atoms. The maximum atomic E-state index is 14.4. The summed E-state index contributed by atoms with van der Waals surface area (Å²) in [6, 6.07) is 7.39. The number of hydrogen-bond donors (Lipinski definition) is 4. The lowest BCUT2D eigenvalue weighted by atomic mass is 9.90. The number of pyridine rings is 1. The van der Waals surface area contributed by atoms with Crippen molar-refractivity contribution in [3.63, 3.8) is 0 Å². The SMILES string of the molecule is CC(C)(O)[C@H](F)Cc1nccc(NC2CCC(NC(=O)c3ccccc3F)CC2)c1C(N)=O. The maximum absolute atomic E-state index is 14.4. The number of benzene rings is 1. The highest BCUT2D eigenvalue weighted by atomic mass is 19.1. The van der Waals surface area contributed by atoms with Crippen LogP contribution in [0.1, 0.15) is 65.9 Å². The molecule has 0 bridgehead atoms. The van der Waals surface area contributed by atoms with Crippen molar-refractivity contribution in [1.82, 2.24) is 10.3 Å². The van der Waals surface area contributed by atoms with Gasteiger partial charge in [-0.05, 0) is 57.7 Å². The third kappa shape index (κ3) is 6.25. The molecule has 2 amide bonds. The molecule has 0 unspecified atom stereocenters. The Bertz CT molecular complexity index is 1000. The molecule has 178 valence electrons.